The SMILES string of the molecule is CCCCNC(=O)/C(C#N)=c1\s/c(=C\c2cccc(C)c2)c(=O)n1CCOC. The number of methoxy groups -OCH3 is 1. The highest BCUT2D eigenvalue weighted by atomic mass is 32.1. The quantitative estimate of drug-likeness (QED) is 0.678. The Labute approximate surface area is 168 Å². The molecular formula is C21H25N3O3S. The first kappa shape index (κ1) is 21.6. The van der Waals surface area contributed by atoms with Gasteiger partial charge in [-0.05, 0) is 25.0 Å². The van der Waals surface area contributed by atoms with Crippen LogP contribution in [0.2, 0.25) is 0 Å². The molecule has 0 spiro atoms. The molecule has 2 rings (SSSR count). The van der Waals surface area contributed by atoms with Crippen molar-refractivity contribution in [3.63, 3.8) is 0 Å². The molecule has 0 aliphatic heterocycles. The maximum Gasteiger partial charge on any atom is 0.269 e. The van der Waals surface area contributed by atoms with Crippen molar-refractivity contribution in [2.45, 2.75) is 33.2 Å². The van der Waals surface area contributed by atoms with Crippen molar-refractivity contribution < 1.29 is 9.53 Å². The number of nitrogens with zero attached hydrogens (tertiary/aromatic N) is 2. The van der Waals surface area contributed by atoms with E-state index in [2.05, 4.69) is 5.32 Å². The first-order valence-electron chi connectivity index (χ1n) is 9.21. The van der Waals surface area contributed by atoms with Crippen molar-refractivity contribution in [1.29, 1.82) is 5.26 Å². The maximum absolute atomic E-state index is 12.9. The molecular weight excluding hydrogens is 374 g/mol. The lowest BCUT2D eigenvalue weighted by atomic mass is 10.1. The number of benzene rings is 1. The molecule has 0 unspecified atom stereocenters. The number of unbranched alkanes of at least 4 members (excludes halogenated alkanes) is 1. The van der Waals surface area contributed by atoms with Crippen LogP contribution in [0.1, 0.15) is 30.9 Å². The summed E-state index contributed by atoms with van der Waals surface area (Å²) in [6.45, 7) is 5.09. The van der Waals surface area contributed by atoms with Crippen LogP contribution in [0, 0.1) is 18.3 Å². The fraction of sp³-hybridized carbons (Fsp3) is 0.381. The van der Waals surface area contributed by atoms with Gasteiger partial charge < -0.3 is 10.1 Å². The van der Waals surface area contributed by atoms with Crippen molar-refractivity contribution >= 4 is 28.9 Å². The van der Waals surface area contributed by atoms with E-state index < -0.39 is 5.91 Å². The number of aromatic nitrogens is 1. The summed E-state index contributed by atoms with van der Waals surface area (Å²) in [5, 5.41) is 12.3. The molecule has 0 saturated carbocycles. The highest BCUT2D eigenvalue weighted by Gasteiger charge is 2.15. The molecule has 1 aromatic heterocycles. The molecule has 0 aliphatic carbocycles. The Bertz CT molecular complexity index is 1040. The number of nitriles is 1. The minimum absolute atomic E-state index is 0.0433. The number of hydrogen-bond donors (Lipinski definition) is 1. The number of carbonyl (C=O) groups excluding carboxylic acids is 1. The summed E-state index contributed by atoms with van der Waals surface area (Å²) in [6.07, 6.45) is 3.56. The Hall–Kier alpha value is -2.69. The van der Waals surface area contributed by atoms with Crippen LogP contribution in [0.3, 0.4) is 0 Å². The first-order chi connectivity index (χ1) is 13.5. The number of nitrogens with one attached hydrogen (secondary N) is 1. The van der Waals surface area contributed by atoms with Gasteiger partial charge in [0, 0.05) is 13.7 Å². The number of carbonyl (C=O) groups is 1. The average molecular weight is 400 g/mol. The molecule has 6 nitrogen and oxygen atoms in total. The van der Waals surface area contributed by atoms with Crippen LogP contribution in [0.4, 0.5) is 0 Å². The predicted octanol–water partition coefficient (Wildman–Crippen LogP) is 1.28. The monoisotopic (exact) mass is 399 g/mol. The lowest BCUT2D eigenvalue weighted by Crippen LogP contribution is -2.36. The van der Waals surface area contributed by atoms with Crippen LogP contribution in [0.25, 0.3) is 11.6 Å². The molecule has 2 aromatic rings. The number of hydrogen-bond acceptors (Lipinski definition) is 5. The Morgan fingerprint density at radius 2 is 2.21 bits per heavy atom. The Balaban J connectivity index is 2.63. The van der Waals surface area contributed by atoms with Crippen LogP contribution < -0.4 is 20.1 Å². The lowest BCUT2D eigenvalue weighted by molar-refractivity contribution is -0.115. The molecule has 1 N–H and O–H groups in total. The topological polar surface area (TPSA) is 84.1 Å². The number of amides is 1. The van der Waals surface area contributed by atoms with Crippen LogP contribution in [-0.4, -0.2) is 30.7 Å². The second-order valence-electron chi connectivity index (χ2n) is 6.38. The van der Waals surface area contributed by atoms with Gasteiger partial charge in [0.15, 0.2) is 5.57 Å². The first-order valence-corrected chi connectivity index (χ1v) is 10.0. The molecule has 0 radical (unpaired) electrons. The summed E-state index contributed by atoms with van der Waals surface area (Å²) < 4.78 is 7.38. The molecule has 0 bridgehead atoms. The predicted molar refractivity (Wildman–Crippen MR) is 111 cm³/mol. The van der Waals surface area contributed by atoms with E-state index in [4.69, 9.17) is 4.74 Å². The van der Waals surface area contributed by atoms with E-state index in [1.54, 1.807) is 13.2 Å². The molecule has 7 heteroatoms. The fourth-order valence-electron chi connectivity index (χ4n) is 2.67. The van der Waals surface area contributed by atoms with E-state index in [9.17, 15) is 14.9 Å². The summed E-state index contributed by atoms with van der Waals surface area (Å²) in [7, 11) is 1.54. The summed E-state index contributed by atoms with van der Waals surface area (Å²) in [4.78, 5) is 25.4. The highest BCUT2D eigenvalue weighted by Crippen LogP contribution is 2.04. The third-order valence-electron chi connectivity index (χ3n) is 4.14. The van der Waals surface area contributed by atoms with E-state index in [0.717, 1.165) is 35.3 Å². The second-order valence-corrected chi connectivity index (χ2v) is 7.41. The van der Waals surface area contributed by atoms with Gasteiger partial charge in [0.25, 0.3) is 11.5 Å². The Kier molecular flexibility index (Phi) is 8.18. The fourth-order valence-corrected chi connectivity index (χ4v) is 3.79. The van der Waals surface area contributed by atoms with Crippen molar-refractivity contribution in [3.8, 4) is 6.07 Å². The van der Waals surface area contributed by atoms with E-state index in [-0.39, 0.29) is 17.7 Å². The zero-order chi connectivity index (χ0) is 20.5. The standard InChI is InChI=1S/C21H25N3O3S/c1-4-5-9-23-19(25)17(14-22)21-24(10-11-27-3)20(26)18(28-21)13-16-8-6-7-15(2)12-16/h6-8,12-13H,4-5,9-11H2,1-3H3,(H,23,25)/b18-13-,21-17-. The Morgan fingerprint density at radius 1 is 1.43 bits per heavy atom. The van der Waals surface area contributed by atoms with Crippen LogP contribution in [-0.2, 0) is 16.1 Å². The van der Waals surface area contributed by atoms with Gasteiger partial charge in [-0.1, -0.05) is 43.2 Å². The summed E-state index contributed by atoms with van der Waals surface area (Å²) >= 11 is 1.16. The van der Waals surface area contributed by atoms with Gasteiger partial charge in [-0.2, -0.15) is 5.26 Å². The largest absolute Gasteiger partial charge is 0.383 e. The van der Waals surface area contributed by atoms with Crippen LogP contribution in [0.15, 0.2) is 29.1 Å². The minimum Gasteiger partial charge on any atom is -0.383 e. The number of ether oxygens (including phenoxy) is 1. The second kappa shape index (κ2) is 10.6. The number of thiazole rings is 1. The van der Waals surface area contributed by atoms with Crippen molar-refractivity contribution in [2.75, 3.05) is 20.3 Å². The van der Waals surface area contributed by atoms with Crippen LogP contribution >= 0.6 is 11.3 Å². The van der Waals surface area contributed by atoms with Gasteiger partial charge in [-0.25, -0.2) is 0 Å². The molecule has 1 heterocycles. The third kappa shape index (κ3) is 5.41. The molecule has 1 amide bonds. The van der Waals surface area contributed by atoms with Gasteiger partial charge in [0.1, 0.15) is 10.7 Å². The molecule has 0 saturated heterocycles. The summed E-state index contributed by atoms with van der Waals surface area (Å²) in [5.41, 5.74) is 1.71. The van der Waals surface area contributed by atoms with E-state index in [0.29, 0.717) is 22.3 Å². The van der Waals surface area contributed by atoms with Gasteiger partial charge in [-0.3, -0.25) is 14.2 Å². The maximum atomic E-state index is 12.9. The highest BCUT2D eigenvalue weighted by molar-refractivity contribution is 7.07. The van der Waals surface area contributed by atoms with E-state index in [1.165, 1.54) is 4.57 Å². The lowest BCUT2D eigenvalue weighted by Gasteiger charge is -2.04. The third-order valence-corrected chi connectivity index (χ3v) is 5.27. The smallest absolute Gasteiger partial charge is 0.269 e. The normalized spacial score (nSPS) is 12.6. The van der Waals surface area contributed by atoms with E-state index >= 15 is 0 Å². The number of aryl methyl sites for hydroxylation is 1. The molecule has 1 aromatic carbocycles. The van der Waals surface area contributed by atoms with Crippen molar-refractivity contribution in [3.05, 3.63) is 54.9 Å². The molecule has 0 fully saturated rings. The summed E-state index contributed by atoms with van der Waals surface area (Å²) in [5.74, 6) is -0.453. The van der Waals surface area contributed by atoms with Gasteiger partial charge in [-0.15, -0.1) is 11.3 Å². The average Bonchev–Trinajstić information content (AvgIpc) is 2.96. The van der Waals surface area contributed by atoms with Gasteiger partial charge >= 0.3 is 0 Å². The van der Waals surface area contributed by atoms with Gasteiger partial charge in [0.2, 0.25) is 0 Å². The van der Waals surface area contributed by atoms with Gasteiger partial charge in [0.05, 0.1) is 17.7 Å². The molecule has 0 aliphatic rings. The zero-order valence-corrected chi connectivity index (χ0v) is 17.3. The minimum atomic E-state index is -0.453. The molecule has 28 heavy (non-hydrogen) atoms. The summed E-state index contributed by atoms with van der Waals surface area (Å²) in [6, 6.07) is 9.77. The van der Waals surface area contributed by atoms with Crippen molar-refractivity contribution in [2.24, 2.45) is 0 Å². The molecule has 0 atom stereocenters. The Morgan fingerprint density at radius 3 is 2.86 bits per heavy atom. The number of rotatable bonds is 8. The molecule has 148 valence electrons. The van der Waals surface area contributed by atoms with Crippen LogP contribution in [0.5, 0.6) is 0 Å². The van der Waals surface area contributed by atoms with E-state index in [1.807, 2.05) is 44.2 Å². The zero-order valence-electron chi connectivity index (χ0n) is 16.4. The van der Waals surface area contributed by atoms with Crippen molar-refractivity contribution in [1.82, 2.24) is 9.88 Å².